The van der Waals surface area contributed by atoms with Crippen LogP contribution in [0.5, 0.6) is 0 Å². The van der Waals surface area contributed by atoms with Gasteiger partial charge in [-0.2, -0.15) is 0 Å². The van der Waals surface area contributed by atoms with Gasteiger partial charge in [-0.15, -0.1) is 0 Å². The van der Waals surface area contributed by atoms with Crippen LogP contribution >= 0.6 is 31.9 Å². The van der Waals surface area contributed by atoms with Crippen LogP contribution < -0.4 is 5.32 Å². The first-order valence-corrected chi connectivity index (χ1v) is 9.83. The Bertz CT molecular complexity index is 743. The number of carbonyl (C=O) groups excluding carboxylic acids is 2. The maximum Gasteiger partial charge on any atom is 0.193 e. The minimum atomic E-state index is -0.397. The number of halogens is 2. The second-order valence-electron chi connectivity index (χ2n) is 6.51. The normalized spacial score (nSPS) is 20.2. The molecule has 1 aliphatic heterocycles. The lowest BCUT2D eigenvalue weighted by Crippen LogP contribution is -2.42. The number of hydrogen-bond acceptors (Lipinski definition) is 4. The van der Waals surface area contributed by atoms with Crippen molar-refractivity contribution in [1.29, 1.82) is 0 Å². The zero-order chi connectivity index (χ0) is 17.4. The van der Waals surface area contributed by atoms with E-state index in [1.165, 1.54) is 16.7 Å². The van der Waals surface area contributed by atoms with E-state index in [4.69, 9.17) is 4.99 Å². The molecule has 1 heterocycles. The summed E-state index contributed by atoms with van der Waals surface area (Å²) in [5.41, 5.74) is 5.48. The summed E-state index contributed by atoms with van der Waals surface area (Å²) in [7, 11) is 0. The number of aliphatic imine (C=N–C) groups is 1. The van der Waals surface area contributed by atoms with Crippen LogP contribution in [0.4, 0.5) is 5.69 Å². The number of fused-ring (bicyclic) bond motifs is 1. The third-order valence-corrected chi connectivity index (χ3v) is 7.33. The lowest BCUT2D eigenvalue weighted by molar-refractivity contribution is -0.114. The van der Waals surface area contributed by atoms with E-state index in [1.807, 2.05) is 0 Å². The maximum absolute atomic E-state index is 12.8. The Balaban J connectivity index is 2.07. The Hall–Kier alpha value is -0.850. The smallest absolute Gasteiger partial charge is 0.193 e. The largest absolute Gasteiger partial charge is 0.302 e. The highest BCUT2D eigenvalue weighted by molar-refractivity contribution is 9.13. The van der Waals surface area contributed by atoms with Gasteiger partial charge in [0.05, 0.1) is 28.5 Å². The van der Waals surface area contributed by atoms with Crippen LogP contribution in [-0.2, 0) is 22.4 Å². The average molecular weight is 456 g/mol. The van der Waals surface area contributed by atoms with Crippen molar-refractivity contribution < 1.29 is 9.59 Å². The topological polar surface area (TPSA) is 58.5 Å². The molecule has 24 heavy (non-hydrogen) atoms. The molecule has 2 unspecified atom stereocenters. The van der Waals surface area contributed by atoms with Crippen molar-refractivity contribution in [3.8, 4) is 0 Å². The van der Waals surface area contributed by atoms with E-state index in [1.54, 1.807) is 6.92 Å². The zero-order valence-corrected chi connectivity index (χ0v) is 17.0. The van der Waals surface area contributed by atoms with E-state index in [0.29, 0.717) is 5.71 Å². The van der Waals surface area contributed by atoms with Crippen LogP contribution in [0.15, 0.2) is 13.9 Å². The third kappa shape index (κ3) is 3.04. The standard InChI is InChI=1S/C18H20Br2N2O2/c1-9-12-5-3-4-11-8-13(12)17(15(20)14(9)19)22-16(11)18(24)10(2)21-6-7-23/h7,10-11,21H,3-6,8H2,1-2H3. The van der Waals surface area contributed by atoms with Gasteiger partial charge in [-0.05, 0) is 88.1 Å². The quantitative estimate of drug-likeness (QED) is 0.686. The average Bonchev–Trinajstić information content (AvgIpc) is 2.77. The summed E-state index contributed by atoms with van der Waals surface area (Å²) in [6.07, 6.45) is 4.73. The monoisotopic (exact) mass is 454 g/mol. The summed E-state index contributed by atoms with van der Waals surface area (Å²) in [5, 5.41) is 2.94. The first-order chi connectivity index (χ1) is 11.5. The second-order valence-corrected chi connectivity index (χ2v) is 8.10. The molecular formula is C18H20Br2N2O2. The molecule has 0 saturated carbocycles. The molecule has 1 aromatic rings. The summed E-state index contributed by atoms with van der Waals surface area (Å²) in [5.74, 6) is 0.179. The number of ketones is 1. The second kappa shape index (κ2) is 7.18. The van der Waals surface area contributed by atoms with E-state index in [0.717, 1.165) is 46.6 Å². The molecule has 1 aliphatic carbocycles. The van der Waals surface area contributed by atoms with Crippen molar-refractivity contribution in [2.75, 3.05) is 6.54 Å². The van der Waals surface area contributed by atoms with Gasteiger partial charge in [-0.25, -0.2) is 4.99 Å². The zero-order valence-electron chi connectivity index (χ0n) is 13.8. The molecule has 1 N–H and O–H groups in total. The molecule has 6 heteroatoms. The maximum atomic E-state index is 12.8. The highest BCUT2D eigenvalue weighted by Crippen LogP contribution is 2.46. The number of Topliss-reactive ketones (excluding diaryl/α,β-unsaturated/α-hetero) is 1. The first-order valence-electron chi connectivity index (χ1n) is 8.24. The van der Waals surface area contributed by atoms with E-state index < -0.39 is 6.04 Å². The molecule has 0 saturated heterocycles. The molecule has 0 spiro atoms. The minimum Gasteiger partial charge on any atom is -0.302 e. The molecule has 0 fully saturated rings. The molecule has 4 nitrogen and oxygen atoms in total. The Labute approximate surface area is 158 Å². The summed E-state index contributed by atoms with van der Waals surface area (Å²) in [6, 6.07) is -0.397. The number of rotatable bonds is 5. The molecule has 2 aliphatic rings. The lowest BCUT2D eigenvalue weighted by Gasteiger charge is -2.26. The van der Waals surface area contributed by atoms with Crippen molar-refractivity contribution in [3.63, 3.8) is 0 Å². The van der Waals surface area contributed by atoms with E-state index >= 15 is 0 Å². The molecule has 128 valence electrons. The number of nitrogens with one attached hydrogen (secondary N) is 1. The Morgan fingerprint density at radius 2 is 2.12 bits per heavy atom. The molecule has 0 aromatic heterocycles. The van der Waals surface area contributed by atoms with Crippen LogP contribution in [0.25, 0.3) is 0 Å². The van der Waals surface area contributed by atoms with Gasteiger partial charge in [0.2, 0.25) is 0 Å². The number of benzene rings is 1. The molecule has 0 amide bonds. The number of aldehydes is 1. The highest BCUT2D eigenvalue weighted by atomic mass is 79.9. The third-order valence-electron chi connectivity index (χ3n) is 5.03. The SMILES string of the molecule is Cc1c(Br)c(Br)c2c3c1CCCC(C3)C(C(=O)C(C)NCC=O)=N2. The van der Waals surface area contributed by atoms with Gasteiger partial charge in [-0.1, -0.05) is 0 Å². The summed E-state index contributed by atoms with van der Waals surface area (Å²) >= 11 is 7.31. The van der Waals surface area contributed by atoms with E-state index in [2.05, 4.69) is 44.1 Å². The van der Waals surface area contributed by atoms with Crippen molar-refractivity contribution >= 4 is 55.3 Å². The van der Waals surface area contributed by atoms with Crippen LogP contribution in [0.2, 0.25) is 0 Å². The van der Waals surface area contributed by atoms with Gasteiger partial charge < -0.3 is 10.1 Å². The molecule has 3 rings (SSSR count). The highest BCUT2D eigenvalue weighted by Gasteiger charge is 2.35. The first kappa shape index (κ1) is 18.0. The lowest BCUT2D eigenvalue weighted by atomic mass is 9.85. The van der Waals surface area contributed by atoms with Crippen molar-refractivity contribution in [1.82, 2.24) is 5.32 Å². The minimum absolute atomic E-state index is 0.000419. The van der Waals surface area contributed by atoms with Crippen molar-refractivity contribution in [2.45, 2.75) is 45.6 Å². The van der Waals surface area contributed by atoms with Crippen LogP contribution in [0.3, 0.4) is 0 Å². The summed E-state index contributed by atoms with van der Waals surface area (Å²) in [4.78, 5) is 28.2. The van der Waals surface area contributed by atoms with Gasteiger partial charge in [0.15, 0.2) is 5.78 Å². The van der Waals surface area contributed by atoms with Gasteiger partial charge >= 0.3 is 0 Å². The van der Waals surface area contributed by atoms with Gasteiger partial charge in [-0.3, -0.25) is 4.79 Å². The Kier molecular flexibility index (Phi) is 5.37. The molecule has 2 atom stereocenters. The van der Waals surface area contributed by atoms with E-state index in [9.17, 15) is 9.59 Å². The molecule has 0 radical (unpaired) electrons. The van der Waals surface area contributed by atoms with Crippen LogP contribution in [-0.4, -0.2) is 30.4 Å². The summed E-state index contributed by atoms with van der Waals surface area (Å²) < 4.78 is 1.96. The predicted octanol–water partition coefficient (Wildman–Crippen LogP) is 3.85. The fourth-order valence-corrected chi connectivity index (χ4v) is 4.74. The predicted molar refractivity (Wildman–Crippen MR) is 102 cm³/mol. The van der Waals surface area contributed by atoms with E-state index in [-0.39, 0.29) is 18.2 Å². The Morgan fingerprint density at radius 3 is 2.83 bits per heavy atom. The van der Waals surface area contributed by atoms with Crippen LogP contribution in [0, 0.1) is 12.8 Å². The van der Waals surface area contributed by atoms with Gasteiger partial charge in [0.1, 0.15) is 6.29 Å². The number of nitrogens with zero attached hydrogens (tertiary/aromatic N) is 1. The fourth-order valence-electron chi connectivity index (χ4n) is 3.69. The van der Waals surface area contributed by atoms with Crippen LogP contribution in [0.1, 0.15) is 36.5 Å². The fraction of sp³-hybridized carbons (Fsp3) is 0.500. The van der Waals surface area contributed by atoms with Gasteiger partial charge in [0.25, 0.3) is 0 Å². The summed E-state index contributed by atoms with van der Waals surface area (Å²) in [6.45, 7) is 4.12. The Morgan fingerprint density at radius 1 is 1.38 bits per heavy atom. The van der Waals surface area contributed by atoms with Crippen molar-refractivity contribution in [3.05, 3.63) is 25.6 Å². The number of carbonyl (C=O) groups is 2. The molecule has 2 bridgehead atoms. The molecular weight excluding hydrogens is 436 g/mol. The molecule has 1 aromatic carbocycles. The number of hydrogen-bond donors (Lipinski definition) is 1. The van der Waals surface area contributed by atoms with Gasteiger partial charge in [0, 0.05) is 10.4 Å². The van der Waals surface area contributed by atoms with Crippen molar-refractivity contribution in [2.24, 2.45) is 10.9 Å².